The molecule has 0 radical (unpaired) electrons. The summed E-state index contributed by atoms with van der Waals surface area (Å²) in [6.07, 6.45) is 0. The molecule has 1 aromatic carbocycles. The van der Waals surface area contributed by atoms with Gasteiger partial charge in [0.1, 0.15) is 0 Å². The molecule has 0 spiro atoms. The average Bonchev–Trinajstić information content (AvgIpc) is 2.82. The van der Waals surface area contributed by atoms with Gasteiger partial charge in [-0.2, -0.15) is 9.40 Å². The van der Waals surface area contributed by atoms with E-state index in [1.165, 1.54) is 4.31 Å². The largest absolute Gasteiger partial charge is 0.270 e. The maximum absolute atomic E-state index is 12.8. The number of sulfonamides is 1. The molecule has 0 unspecified atom stereocenters. The van der Waals surface area contributed by atoms with Crippen LogP contribution in [-0.4, -0.2) is 29.6 Å². The van der Waals surface area contributed by atoms with Crippen LogP contribution in [0.15, 0.2) is 29.2 Å². The number of nitrogens with zero attached hydrogens (tertiary/aromatic N) is 3. The molecule has 0 aliphatic rings. The lowest BCUT2D eigenvalue weighted by molar-refractivity contribution is 0.464. The third kappa shape index (κ3) is 3.54. The highest BCUT2D eigenvalue weighted by Crippen LogP contribution is 2.22. The monoisotopic (exact) mass is 349 g/mol. The Morgan fingerprint density at radius 1 is 1.17 bits per heavy atom. The van der Waals surface area contributed by atoms with Crippen molar-refractivity contribution in [2.45, 2.75) is 58.5 Å². The fraction of sp³-hybridized carbons (Fsp3) is 0.500. The summed E-state index contributed by atoms with van der Waals surface area (Å²) in [5, 5.41) is 4.46. The van der Waals surface area contributed by atoms with Crippen molar-refractivity contribution in [3.05, 3.63) is 46.8 Å². The lowest BCUT2D eigenvalue weighted by Crippen LogP contribution is -2.27. The first-order valence-corrected chi connectivity index (χ1v) is 9.71. The van der Waals surface area contributed by atoms with E-state index in [4.69, 9.17) is 0 Å². The molecule has 0 aliphatic heterocycles. The Kier molecular flexibility index (Phi) is 5.50. The second-order valence-corrected chi connectivity index (χ2v) is 8.49. The Labute approximate surface area is 145 Å². The van der Waals surface area contributed by atoms with E-state index < -0.39 is 10.0 Å². The van der Waals surface area contributed by atoms with Crippen LogP contribution in [0.5, 0.6) is 0 Å². The van der Waals surface area contributed by atoms with Crippen molar-refractivity contribution in [3.8, 4) is 0 Å². The highest BCUT2D eigenvalue weighted by Gasteiger charge is 2.23. The van der Waals surface area contributed by atoms with Gasteiger partial charge in [0.2, 0.25) is 10.0 Å². The lowest BCUT2D eigenvalue weighted by Gasteiger charge is -2.18. The summed E-state index contributed by atoms with van der Waals surface area (Å²) in [6.45, 7) is 11.2. The molecular weight excluding hydrogens is 322 g/mol. The van der Waals surface area contributed by atoms with E-state index in [1.807, 2.05) is 37.6 Å². The number of rotatable bonds is 6. The number of benzene rings is 1. The van der Waals surface area contributed by atoms with Gasteiger partial charge in [0.25, 0.3) is 0 Å². The molecule has 5 nitrogen and oxygen atoms in total. The highest BCUT2D eigenvalue weighted by molar-refractivity contribution is 7.89. The molecule has 2 rings (SSSR count). The summed E-state index contributed by atoms with van der Waals surface area (Å²) in [5.74, 6) is 0.379. The van der Waals surface area contributed by atoms with Gasteiger partial charge in [-0.15, -0.1) is 0 Å². The fourth-order valence-electron chi connectivity index (χ4n) is 2.78. The predicted molar refractivity (Wildman–Crippen MR) is 96.6 cm³/mol. The van der Waals surface area contributed by atoms with Crippen LogP contribution in [0.3, 0.4) is 0 Å². The molecule has 0 saturated carbocycles. The Hall–Kier alpha value is -1.66. The average molecular weight is 350 g/mol. The van der Waals surface area contributed by atoms with Crippen molar-refractivity contribution in [1.29, 1.82) is 0 Å². The Morgan fingerprint density at radius 3 is 2.21 bits per heavy atom. The fourth-order valence-corrected chi connectivity index (χ4v) is 3.92. The molecule has 24 heavy (non-hydrogen) atoms. The zero-order chi connectivity index (χ0) is 18.1. The van der Waals surface area contributed by atoms with E-state index in [0.29, 0.717) is 17.4 Å². The topological polar surface area (TPSA) is 55.2 Å². The van der Waals surface area contributed by atoms with Crippen LogP contribution >= 0.6 is 0 Å². The van der Waals surface area contributed by atoms with Crippen molar-refractivity contribution in [2.24, 2.45) is 0 Å². The second-order valence-electron chi connectivity index (χ2n) is 6.45. The van der Waals surface area contributed by atoms with E-state index in [-0.39, 0.29) is 0 Å². The van der Waals surface area contributed by atoms with Gasteiger partial charge in [-0.1, -0.05) is 26.0 Å². The first-order chi connectivity index (χ1) is 11.2. The third-order valence-electron chi connectivity index (χ3n) is 4.47. The smallest absolute Gasteiger partial charge is 0.243 e. The van der Waals surface area contributed by atoms with Crippen molar-refractivity contribution in [3.63, 3.8) is 0 Å². The molecule has 0 atom stereocenters. The van der Waals surface area contributed by atoms with Crippen LogP contribution in [0.25, 0.3) is 0 Å². The van der Waals surface area contributed by atoms with Gasteiger partial charge < -0.3 is 0 Å². The standard InChI is InChI=1S/C18H27N3O2S/c1-7-21-15(5)18(14(4)19-21)12-20(6)24(22,23)17-10-8-16(9-11-17)13(2)3/h8-11,13H,7,12H2,1-6H3. The van der Waals surface area contributed by atoms with Gasteiger partial charge in [0.05, 0.1) is 10.6 Å². The van der Waals surface area contributed by atoms with Crippen LogP contribution in [0, 0.1) is 13.8 Å². The first-order valence-electron chi connectivity index (χ1n) is 8.27. The van der Waals surface area contributed by atoms with Crippen molar-refractivity contribution in [1.82, 2.24) is 14.1 Å². The maximum Gasteiger partial charge on any atom is 0.243 e. The molecule has 0 bridgehead atoms. The lowest BCUT2D eigenvalue weighted by atomic mass is 10.0. The predicted octanol–water partition coefficient (Wildman–Crippen LogP) is 3.46. The minimum atomic E-state index is -3.51. The Bertz CT molecular complexity index is 806. The van der Waals surface area contributed by atoms with Crippen molar-refractivity contribution >= 4 is 10.0 Å². The normalized spacial score (nSPS) is 12.3. The maximum atomic E-state index is 12.8. The van der Waals surface area contributed by atoms with E-state index >= 15 is 0 Å². The van der Waals surface area contributed by atoms with Crippen LogP contribution in [0.1, 0.15) is 49.2 Å². The van der Waals surface area contributed by atoms with Gasteiger partial charge in [0, 0.05) is 31.4 Å². The minimum absolute atomic E-state index is 0.325. The van der Waals surface area contributed by atoms with E-state index in [2.05, 4.69) is 18.9 Å². The summed E-state index contributed by atoms with van der Waals surface area (Å²) < 4.78 is 28.9. The zero-order valence-electron chi connectivity index (χ0n) is 15.4. The van der Waals surface area contributed by atoms with E-state index in [0.717, 1.165) is 29.1 Å². The molecule has 0 saturated heterocycles. The number of aromatic nitrogens is 2. The zero-order valence-corrected chi connectivity index (χ0v) is 16.2. The summed E-state index contributed by atoms with van der Waals surface area (Å²) in [7, 11) is -1.90. The molecular formula is C18H27N3O2S. The quantitative estimate of drug-likeness (QED) is 0.802. The van der Waals surface area contributed by atoms with Crippen molar-refractivity contribution < 1.29 is 8.42 Å². The Morgan fingerprint density at radius 2 is 1.75 bits per heavy atom. The molecule has 2 aromatic rings. The Balaban J connectivity index is 2.28. The van der Waals surface area contributed by atoms with E-state index in [9.17, 15) is 8.42 Å². The summed E-state index contributed by atoms with van der Waals surface area (Å²) >= 11 is 0. The summed E-state index contributed by atoms with van der Waals surface area (Å²) in [5.41, 5.74) is 4.01. The number of aryl methyl sites for hydroxylation is 2. The summed E-state index contributed by atoms with van der Waals surface area (Å²) in [6, 6.07) is 7.15. The van der Waals surface area contributed by atoms with Gasteiger partial charge in [-0.3, -0.25) is 4.68 Å². The number of hydrogen-bond acceptors (Lipinski definition) is 3. The van der Waals surface area contributed by atoms with Gasteiger partial charge in [-0.05, 0) is 44.4 Å². The molecule has 0 aliphatic carbocycles. The SMILES string of the molecule is CCn1nc(C)c(CN(C)S(=O)(=O)c2ccc(C(C)C)cc2)c1C. The van der Waals surface area contributed by atoms with Gasteiger partial charge in [-0.25, -0.2) is 8.42 Å². The number of hydrogen-bond donors (Lipinski definition) is 0. The summed E-state index contributed by atoms with van der Waals surface area (Å²) in [4.78, 5) is 0.326. The molecule has 1 aromatic heterocycles. The van der Waals surface area contributed by atoms with Crippen LogP contribution in [-0.2, 0) is 23.1 Å². The molecule has 0 amide bonds. The molecule has 6 heteroatoms. The molecule has 132 valence electrons. The van der Waals surface area contributed by atoms with Crippen LogP contribution < -0.4 is 0 Å². The molecule has 0 fully saturated rings. The van der Waals surface area contributed by atoms with Gasteiger partial charge >= 0.3 is 0 Å². The van der Waals surface area contributed by atoms with Crippen LogP contribution in [0.2, 0.25) is 0 Å². The van der Waals surface area contributed by atoms with Gasteiger partial charge in [0.15, 0.2) is 0 Å². The van der Waals surface area contributed by atoms with Crippen LogP contribution in [0.4, 0.5) is 0 Å². The minimum Gasteiger partial charge on any atom is -0.270 e. The second kappa shape index (κ2) is 7.07. The first kappa shape index (κ1) is 18.7. The van der Waals surface area contributed by atoms with Crippen molar-refractivity contribution in [2.75, 3.05) is 7.05 Å². The molecule has 0 N–H and O–H groups in total. The third-order valence-corrected chi connectivity index (χ3v) is 6.28. The van der Waals surface area contributed by atoms with E-state index in [1.54, 1.807) is 19.2 Å². The highest BCUT2D eigenvalue weighted by atomic mass is 32.2. The molecule has 1 heterocycles.